The van der Waals surface area contributed by atoms with Crippen molar-refractivity contribution in [2.75, 3.05) is 26.3 Å². The van der Waals surface area contributed by atoms with Gasteiger partial charge in [-0.05, 0) is 29.3 Å². The summed E-state index contributed by atoms with van der Waals surface area (Å²) >= 11 is 0. The van der Waals surface area contributed by atoms with E-state index in [0.717, 1.165) is 42.0 Å². The fraction of sp³-hybridized carbons (Fsp3) is 0.333. The van der Waals surface area contributed by atoms with Crippen LogP contribution in [0.2, 0.25) is 0 Å². The molecule has 3 aromatic rings. The predicted molar refractivity (Wildman–Crippen MR) is 119 cm³/mol. The van der Waals surface area contributed by atoms with E-state index < -0.39 is 5.97 Å². The predicted octanol–water partition coefficient (Wildman–Crippen LogP) is 2.60. The van der Waals surface area contributed by atoms with Crippen LogP contribution in [0.3, 0.4) is 0 Å². The summed E-state index contributed by atoms with van der Waals surface area (Å²) in [4.78, 5) is 27.5. The van der Waals surface area contributed by atoms with Gasteiger partial charge < -0.3 is 19.8 Å². The van der Waals surface area contributed by atoms with Gasteiger partial charge in [-0.15, -0.1) is 0 Å². The number of morpholine rings is 1. The van der Waals surface area contributed by atoms with Crippen molar-refractivity contribution in [2.45, 2.75) is 26.4 Å². The zero-order valence-corrected chi connectivity index (χ0v) is 17.7. The van der Waals surface area contributed by atoms with Crippen LogP contribution in [0, 0.1) is 0 Å². The molecule has 2 aromatic carbocycles. The van der Waals surface area contributed by atoms with Gasteiger partial charge in [0.25, 0.3) is 0 Å². The molecule has 2 heterocycles. The minimum Gasteiger partial charge on any atom is -0.421 e. The summed E-state index contributed by atoms with van der Waals surface area (Å²) in [7, 11) is 0. The third-order valence-electron chi connectivity index (χ3n) is 5.53. The minimum atomic E-state index is -0.445. The minimum absolute atomic E-state index is 0.0229. The van der Waals surface area contributed by atoms with Crippen LogP contribution in [0.5, 0.6) is 5.75 Å². The fourth-order valence-electron chi connectivity index (χ4n) is 3.85. The van der Waals surface area contributed by atoms with Crippen molar-refractivity contribution < 1.29 is 14.3 Å². The standard InChI is InChI=1S/C24H27N3O4/c1-2-23(28)31-22-16-27(20-6-4-3-5-18(20)14-25)21-8-7-17(13-19(21)24(22)29)15-26-9-11-30-12-10-26/h3-8,13,16H,2,9-12,14-15,25H2,1H3. The molecule has 7 heteroatoms. The van der Waals surface area contributed by atoms with Gasteiger partial charge in [0.15, 0.2) is 5.75 Å². The average molecular weight is 421 g/mol. The van der Waals surface area contributed by atoms with Crippen molar-refractivity contribution in [3.05, 3.63) is 70.0 Å². The van der Waals surface area contributed by atoms with Gasteiger partial charge in [-0.1, -0.05) is 31.2 Å². The summed E-state index contributed by atoms with van der Waals surface area (Å²) in [6, 6.07) is 13.6. The first-order valence-electron chi connectivity index (χ1n) is 10.6. The first kappa shape index (κ1) is 21.2. The number of nitrogens with two attached hydrogens (primary N) is 1. The lowest BCUT2D eigenvalue weighted by Crippen LogP contribution is -2.35. The van der Waals surface area contributed by atoms with E-state index in [4.69, 9.17) is 15.2 Å². The molecule has 4 rings (SSSR count). The van der Waals surface area contributed by atoms with Gasteiger partial charge in [0, 0.05) is 32.6 Å². The van der Waals surface area contributed by atoms with E-state index in [-0.39, 0.29) is 17.6 Å². The van der Waals surface area contributed by atoms with Gasteiger partial charge in [0.1, 0.15) is 0 Å². The Morgan fingerprint density at radius 2 is 1.94 bits per heavy atom. The van der Waals surface area contributed by atoms with Crippen LogP contribution in [-0.4, -0.2) is 41.7 Å². The summed E-state index contributed by atoms with van der Waals surface area (Å²) in [5.41, 5.74) is 9.22. The lowest BCUT2D eigenvalue weighted by molar-refractivity contribution is -0.134. The number of hydrogen-bond acceptors (Lipinski definition) is 6. The second kappa shape index (κ2) is 9.43. The Bertz CT molecular complexity index is 1150. The molecule has 0 unspecified atom stereocenters. The largest absolute Gasteiger partial charge is 0.421 e. The molecule has 1 saturated heterocycles. The molecule has 0 amide bonds. The van der Waals surface area contributed by atoms with E-state index in [1.165, 1.54) is 0 Å². The van der Waals surface area contributed by atoms with Crippen LogP contribution >= 0.6 is 0 Å². The number of hydrogen-bond donors (Lipinski definition) is 1. The van der Waals surface area contributed by atoms with Crippen LogP contribution < -0.4 is 15.9 Å². The molecule has 0 atom stereocenters. The number of fused-ring (bicyclic) bond motifs is 1. The average Bonchev–Trinajstić information content (AvgIpc) is 2.81. The SMILES string of the molecule is CCC(=O)Oc1cn(-c2ccccc2CN)c2ccc(CN3CCOCC3)cc2c1=O. The monoisotopic (exact) mass is 421 g/mol. The van der Waals surface area contributed by atoms with E-state index >= 15 is 0 Å². The Labute approximate surface area is 181 Å². The third-order valence-corrected chi connectivity index (χ3v) is 5.53. The first-order chi connectivity index (χ1) is 15.1. The van der Waals surface area contributed by atoms with Gasteiger partial charge in [0.2, 0.25) is 5.43 Å². The summed E-state index contributed by atoms with van der Waals surface area (Å²) < 4.78 is 12.7. The fourth-order valence-corrected chi connectivity index (χ4v) is 3.85. The number of aromatic nitrogens is 1. The molecule has 1 fully saturated rings. The van der Waals surface area contributed by atoms with Crippen molar-refractivity contribution in [1.29, 1.82) is 0 Å². The molecule has 162 valence electrons. The van der Waals surface area contributed by atoms with E-state index in [1.54, 1.807) is 13.1 Å². The lowest BCUT2D eigenvalue weighted by Gasteiger charge is -2.26. The summed E-state index contributed by atoms with van der Waals surface area (Å²) in [6.07, 6.45) is 1.78. The number of nitrogens with zero attached hydrogens (tertiary/aromatic N) is 2. The molecule has 1 aromatic heterocycles. The molecular weight excluding hydrogens is 394 g/mol. The molecule has 1 aliphatic heterocycles. The Morgan fingerprint density at radius 1 is 1.16 bits per heavy atom. The van der Waals surface area contributed by atoms with Crippen LogP contribution in [0.25, 0.3) is 16.6 Å². The highest BCUT2D eigenvalue weighted by molar-refractivity contribution is 5.84. The topological polar surface area (TPSA) is 86.8 Å². The van der Waals surface area contributed by atoms with E-state index in [1.807, 2.05) is 47.0 Å². The second-order valence-corrected chi connectivity index (χ2v) is 7.59. The summed E-state index contributed by atoms with van der Waals surface area (Å²) in [5, 5.41) is 0.513. The number of carbonyl (C=O) groups is 1. The summed E-state index contributed by atoms with van der Waals surface area (Å²) in [5.74, 6) is -0.422. The zero-order valence-electron chi connectivity index (χ0n) is 17.7. The zero-order chi connectivity index (χ0) is 21.8. The molecule has 31 heavy (non-hydrogen) atoms. The third kappa shape index (κ3) is 4.54. The number of rotatable bonds is 6. The molecule has 0 bridgehead atoms. The highest BCUT2D eigenvalue weighted by Gasteiger charge is 2.17. The lowest BCUT2D eigenvalue weighted by atomic mass is 10.1. The first-order valence-corrected chi connectivity index (χ1v) is 10.6. The Kier molecular flexibility index (Phi) is 6.46. The number of esters is 1. The number of pyridine rings is 1. The van der Waals surface area contributed by atoms with Crippen LogP contribution in [0.15, 0.2) is 53.5 Å². The van der Waals surface area contributed by atoms with Crippen molar-refractivity contribution >= 4 is 16.9 Å². The Hall–Kier alpha value is -3.00. The van der Waals surface area contributed by atoms with E-state index in [9.17, 15) is 9.59 Å². The molecule has 0 saturated carbocycles. The molecule has 2 N–H and O–H groups in total. The van der Waals surface area contributed by atoms with Crippen molar-refractivity contribution in [1.82, 2.24) is 9.47 Å². The van der Waals surface area contributed by atoms with Crippen LogP contribution in [0.4, 0.5) is 0 Å². The quantitative estimate of drug-likeness (QED) is 0.616. The van der Waals surface area contributed by atoms with Gasteiger partial charge >= 0.3 is 5.97 Å². The van der Waals surface area contributed by atoms with Gasteiger partial charge in [-0.25, -0.2) is 0 Å². The molecule has 0 aliphatic carbocycles. The smallest absolute Gasteiger partial charge is 0.311 e. The molecule has 1 aliphatic rings. The maximum absolute atomic E-state index is 13.2. The number of ether oxygens (including phenoxy) is 2. The Morgan fingerprint density at radius 3 is 2.68 bits per heavy atom. The number of para-hydroxylation sites is 1. The number of carbonyl (C=O) groups excluding carboxylic acids is 1. The highest BCUT2D eigenvalue weighted by atomic mass is 16.5. The summed E-state index contributed by atoms with van der Waals surface area (Å²) in [6.45, 7) is 5.94. The molecule has 0 spiro atoms. The number of benzene rings is 2. The maximum atomic E-state index is 13.2. The Balaban J connectivity index is 1.86. The molecule has 7 nitrogen and oxygen atoms in total. The molecule has 0 radical (unpaired) electrons. The van der Waals surface area contributed by atoms with Crippen molar-refractivity contribution in [3.63, 3.8) is 0 Å². The maximum Gasteiger partial charge on any atom is 0.311 e. The van der Waals surface area contributed by atoms with Gasteiger partial charge in [-0.2, -0.15) is 0 Å². The van der Waals surface area contributed by atoms with E-state index in [0.29, 0.717) is 25.1 Å². The normalized spacial score (nSPS) is 14.6. The van der Waals surface area contributed by atoms with Gasteiger partial charge in [-0.3, -0.25) is 14.5 Å². The van der Waals surface area contributed by atoms with E-state index in [2.05, 4.69) is 4.90 Å². The highest BCUT2D eigenvalue weighted by Crippen LogP contribution is 2.24. The van der Waals surface area contributed by atoms with Crippen LogP contribution in [-0.2, 0) is 22.6 Å². The van der Waals surface area contributed by atoms with Crippen molar-refractivity contribution in [3.8, 4) is 11.4 Å². The van der Waals surface area contributed by atoms with Crippen molar-refractivity contribution in [2.24, 2.45) is 5.73 Å². The van der Waals surface area contributed by atoms with Gasteiger partial charge in [0.05, 0.1) is 36.0 Å². The van der Waals surface area contributed by atoms with Crippen LogP contribution in [0.1, 0.15) is 24.5 Å². The second-order valence-electron chi connectivity index (χ2n) is 7.59. The molecular formula is C24H27N3O4.